The quantitative estimate of drug-likeness (QED) is 0.499. The Morgan fingerprint density at radius 2 is 1.74 bits per heavy atom. The Morgan fingerprint density at radius 1 is 1.03 bits per heavy atom. The molecule has 0 bridgehead atoms. The fourth-order valence-corrected chi connectivity index (χ4v) is 5.90. The molecule has 1 aliphatic heterocycles. The minimum Gasteiger partial charge on any atom is -0.381 e. The van der Waals surface area contributed by atoms with E-state index in [2.05, 4.69) is 10.6 Å². The van der Waals surface area contributed by atoms with Crippen molar-refractivity contribution in [1.82, 2.24) is 10.6 Å². The SMILES string of the molecule is O=C(NCC1=CC(C(F)(F)F)CC(C(F)(F)F)=C1)C1(C2CCC2)CCC(NC2CCOCC2)C1. The van der Waals surface area contributed by atoms with Crippen LogP contribution in [0.15, 0.2) is 23.3 Å². The number of hydrogen-bond acceptors (Lipinski definition) is 3. The van der Waals surface area contributed by atoms with Gasteiger partial charge in [0.1, 0.15) is 0 Å². The molecule has 10 heteroatoms. The van der Waals surface area contributed by atoms with E-state index >= 15 is 0 Å². The van der Waals surface area contributed by atoms with Gasteiger partial charge in [-0.2, -0.15) is 26.3 Å². The van der Waals surface area contributed by atoms with Gasteiger partial charge in [-0.15, -0.1) is 0 Å². The standard InChI is InChI=1S/C24H32F6N2O2/c25-23(26,27)17-10-15(11-18(12-17)24(28,29)30)14-31-21(33)22(16-2-1-3-16)7-4-20(13-22)32-19-5-8-34-9-6-19/h10-11,16-17,19-20,32H,1-9,12-14H2,(H,31,33). The van der Waals surface area contributed by atoms with Crippen LogP contribution in [-0.2, 0) is 9.53 Å². The van der Waals surface area contributed by atoms with Crippen molar-refractivity contribution in [2.75, 3.05) is 19.8 Å². The summed E-state index contributed by atoms with van der Waals surface area (Å²) < 4.78 is 84.7. The number of amides is 1. The van der Waals surface area contributed by atoms with E-state index in [0.29, 0.717) is 32.1 Å². The number of allylic oxidation sites excluding steroid dienone is 2. The van der Waals surface area contributed by atoms with E-state index in [4.69, 9.17) is 4.74 Å². The summed E-state index contributed by atoms with van der Waals surface area (Å²) in [7, 11) is 0. The molecule has 4 rings (SSSR count). The van der Waals surface area contributed by atoms with E-state index in [9.17, 15) is 31.1 Å². The van der Waals surface area contributed by atoms with Gasteiger partial charge in [-0.05, 0) is 68.9 Å². The molecule has 1 saturated heterocycles. The number of carbonyl (C=O) groups excluding carboxylic acids is 1. The van der Waals surface area contributed by atoms with Crippen LogP contribution in [0, 0.1) is 17.3 Å². The first-order chi connectivity index (χ1) is 16.0. The largest absolute Gasteiger partial charge is 0.412 e. The normalized spacial score (nSPS) is 31.6. The van der Waals surface area contributed by atoms with Gasteiger partial charge in [0.15, 0.2) is 0 Å². The lowest BCUT2D eigenvalue weighted by Gasteiger charge is -2.42. The molecule has 0 radical (unpaired) electrons. The van der Waals surface area contributed by atoms with Crippen molar-refractivity contribution in [3.05, 3.63) is 23.3 Å². The van der Waals surface area contributed by atoms with Gasteiger partial charge >= 0.3 is 12.4 Å². The molecular formula is C24H32F6N2O2. The fourth-order valence-electron chi connectivity index (χ4n) is 5.90. The zero-order valence-electron chi connectivity index (χ0n) is 19.0. The molecule has 192 valence electrons. The van der Waals surface area contributed by atoms with Crippen LogP contribution in [0.25, 0.3) is 0 Å². The molecule has 0 aromatic heterocycles. The summed E-state index contributed by atoms with van der Waals surface area (Å²) in [5.41, 5.74) is -1.97. The van der Waals surface area contributed by atoms with Crippen molar-refractivity contribution in [1.29, 1.82) is 0 Å². The maximum Gasteiger partial charge on any atom is 0.412 e. The topological polar surface area (TPSA) is 50.4 Å². The number of rotatable bonds is 6. The van der Waals surface area contributed by atoms with Gasteiger partial charge in [0.05, 0.1) is 11.3 Å². The molecule has 2 saturated carbocycles. The zero-order valence-corrected chi connectivity index (χ0v) is 19.0. The summed E-state index contributed by atoms with van der Waals surface area (Å²) in [6.07, 6.45) is -2.30. The Labute approximate surface area is 195 Å². The van der Waals surface area contributed by atoms with Crippen molar-refractivity contribution in [3.8, 4) is 0 Å². The van der Waals surface area contributed by atoms with Crippen LogP contribution in [0.5, 0.6) is 0 Å². The molecule has 1 heterocycles. The molecule has 0 aromatic rings. The smallest absolute Gasteiger partial charge is 0.381 e. The van der Waals surface area contributed by atoms with Gasteiger partial charge in [0.25, 0.3) is 0 Å². The van der Waals surface area contributed by atoms with Crippen LogP contribution in [-0.4, -0.2) is 50.1 Å². The molecule has 0 aromatic carbocycles. The molecule has 1 amide bonds. The molecule has 3 unspecified atom stereocenters. The molecule has 0 spiro atoms. The number of alkyl halides is 6. The molecule has 34 heavy (non-hydrogen) atoms. The van der Waals surface area contributed by atoms with Gasteiger partial charge in [0.2, 0.25) is 5.91 Å². The maximum atomic E-state index is 13.4. The van der Waals surface area contributed by atoms with Gasteiger partial charge in [-0.1, -0.05) is 12.5 Å². The van der Waals surface area contributed by atoms with E-state index < -0.39 is 35.7 Å². The lowest BCUT2D eigenvalue weighted by Crippen LogP contribution is -2.49. The zero-order chi connectivity index (χ0) is 24.6. The first kappa shape index (κ1) is 25.5. The Hall–Kier alpha value is -1.55. The first-order valence-corrected chi connectivity index (χ1v) is 12.1. The highest BCUT2D eigenvalue weighted by atomic mass is 19.4. The Bertz CT molecular complexity index is 811. The Morgan fingerprint density at radius 3 is 2.32 bits per heavy atom. The van der Waals surface area contributed by atoms with E-state index in [1.165, 1.54) is 0 Å². The number of carbonyl (C=O) groups is 1. The maximum absolute atomic E-state index is 13.4. The van der Waals surface area contributed by atoms with Gasteiger partial charge in [-0.25, -0.2) is 0 Å². The van der Waals surface area contributed by atoms with Crippen LogP contribution in [0.4, 0.5) is 26.3 Å². The average molecular weight is 495 g/mol. The third kappa shape index (κ3) is 5.64. The summed E-state index contributed by atoms with van der Waals surface area (Å²) in [4.78, 5) is 13.4. The highest BCUT2D eigenvalue weighted by Crippen LogP contribution is 2.52. The predicted molar refractivity (Wildman–Crippen MR) is 114 cm³/mol. The number of halogens is 6. The Kier molecular flexibility index (Phi) is 7.39. The second kappa shape index (κ2) is 9.84. The summed E-state index contributed by atoms with van der Waals surface area (Å²) in [5, 5.41) is 6.37. The minimum absolute atomic E-state index is 0.145. The van der Waals surface area contributed by atoms with Crippen molar-refractivity contribution in [3.63, 3.8) is 0 Å². The monoisotopic (exact) mass is 494 g/mol. The first-order valence-electron chi connectivity index (χ1n) is 12.1. The lowest BCUT2D eigenvalue weighted by molar-refractivity contribution is -0.166. The minimum atomic E-state index is -4.84. The van der Waals surface area contributed by atoms with Crippen molar-refractivity contribution >= 4 is 5.91 Å². The lowest BCUT2D eigenvalue weighted by atomic mass is 9.63. The Balaban J connectivity index is 1.44. The van der Waals surface area contributed by atoms with Crippen molar-refractivity contribution < 1.29 is 35.9 Å². The number of hydrogen-bond donors (Lipinski definition) is 2. The number of ether oxygens (including phenoxy) is 1. The molecule has 3 aliphatic carbocycles. The number of nitrogens with one attached hydrogen (secondary N) is 2. The third-order valence-corrected chi connectivity index (χ3v) is 8.03. The molecular weight excluding hydrogens is 462 g/mol. The van der Waals surface area contributed by atoms with E-state index in [0.717, 1.165) is 50.7 Å². The summed E-state index contributed by atoms with van der Waals surface area (Å²) in [6.45, 7) is 1.08. The van der Waals surface area contributed by atoms with Crippen LogP contribution >= 0.6 is 0 Å². The van der Waals surface area contributed by atoms with Crippen molar-refractivity contribution in [2.24, 2.45) is 17.3 Å². The van der Waals surface area contributed by atoms with Gasteiger partial charge < -0.3 is 15.4 Å². The van der Waals surface area contributed by atoms with Gasteiger partial charge in [-0.3, -0.25) is 4.79 Å². The molecule has 3 fully saturated rings. The molecule has 3 atom stereocenters. The highest BCUT2D eigenvalue weighted by molar-refractivity contribution is 5.84. The molecule has 4 nitrogen and oxygen atoms in total. The summed E-state index contributed by atoms with van der Waals surface area (Å²) in [6, 6.07) is 0.520. The second-order valence-electron chi connectivity index (χ2n) is 10.2. The fraction of sp³-hybridized carbons (Fsp3) is 0.792. The third-order valence-electron chi connectivity index (χ3n) is 8.03. The molecule has 4 aliphatic rings. The predicted octanol–water partition coefficient (Wildman–Crippen LogP) is 5.21. The second-order valence-corrected chi connectivity index (χ2v) is 10.2. The van der Waals surface area contributed by atoms with E-state index in [1.54, 1.807) is 0 Å². The van der Waals surface area contributed by atoms with Crippen LogP contribution < -0.4 is 10.6 Å². The van der Waals surface area contributed by atoms with Crippen LogP contribution in [0.3, 0.4) is 0 Å². The average Bonchev–Trinajstić information content (AvgIpc) is 3.14. The highest BCUT2D eigenvalue weighted by Gasteiger charge is 2.52. The van der Waals surface area contributed by atoms with Crippen molar-refractivity contribution in [2.45, 2.75) is 82.2 Å². The van der Waals surface area contributed by atoms with E-state index in [1.807, 2.05) is 0 Å². The van der Waals surface area contributed by atoms with Gasteiger partial charge in [0, 0.05) is 37.4 Å². The summed E-state index contributed by atoms with van der Waals surface area (Å²) in [5.74, 6) is -2.25. The molecule has 2 N–H and O–H groups in total. The van der Waals surface area contributed by atoms with Crippen LogP contribution in [0.1, 0.15) is 57.8 Å². The summed E-state index contributed by atoms with van der Waals surface area (Å²) >= 11 is 0. The van der Waals surface area contributed by atoms with E-state index in [-0.39, 0.29) is 30.0 Å². The van der Waals surface area contributed by atoms with Crippen LogP contribution in [0.2, 0.25) is 0 Å².